The molecule has 0 fully saturated rings. The minimum atomic E-state index is -0.412. The highest BCUT2D eigenvalue weighted by atomic mass is 16.3. The van der Waals surface area contributed by atoms with Gasteiger partial charge < -0.3 is 9.73 Å². The number of hydrogen-bond donors (Lipinski definition) is 1. The lowest BCUT2D eigenvalue weighted by atomic mass is 10.2. The van der Waals surface area contributed by atoms with Crippen molar-refractivity contribution in [2.75, 3.05) is 0 Å². The Morgan fingerprint density at radius 2 is 2.05 bits per heavy atom. The molecule has 0 saturated heterocycles. The van der Waals surface area contributed by atoms with E-state index < -0.39 is 5.91 Å². The van der Waals surface area contributed by atoms with Crippen LogP contribution in [0, 0.1) is 18.3 Å². The maximum atomic E-state index is 11.9. The Balaban J connectivity index is 2.03. The van der Waals surface area contributed by atoms with E-state index in [-0.39, 0.29) is 5.57 Å². The van der Waals surface area contributed by atoms with Crippen LogP contribution in [-0.2, 0) is 11.3 Å². The molecule has 20 heavy (non-hydrogen) atoms. The third kappa shape index (κ3) is 3.59. The largest absolute Gasteiger partial charge is 0.462 e. The Labute approximate surface area is 117 Å². The number of hydrogen-bond acceptors (Lipinski definition) is 3. The Morgan fingerprint density at radius 3 is 2.65 bits per heavy atom. The van der Waals surface area contributed by atoms with E-state index in [2.05, 4.69) is 5.32 Å². The lowest BCUT2D eigenvalue weighted by Crippen LogP contribution is -2.23. The molecular formula is C16H14N2O2. The molecule has 1 N–H and O–H groups in total. The van der Waals surface area contributed by atoms with Crippen molar-refractivity contribution in [3.05, 3.63) is 65.1 Å². The molecule has 4 nitrogen and oxygen atoms in total. The fraction of sp³-hybridized carbons (Fsp3) is 0.125. The summed E-state index contributed by atoms with van der Waals surface area (Å²) in [4.78, 5) is 11.9. The monoisotopic (exact) mass is 266 g/mol. The van der Waals surface area contributed by atoms with Crippen LogP contribution in [0.4, 0.5) is 0 Å². The highest BCUT2D eigenvalue weighted by Crippen LogP contribution is 2.11. The van der Waals surface area contributed by atoms with Crippen LogP contribution in [-0.4, -0.2) is 5.91 Å². The number of furan rings is 1. The molecule has 2 aromatic rings. The van der Waals surface area contributed by atoms with Gasteiger partial charge in [0.1, 0.15) is 23.2 Å². The first-order valence-corrected chi connectivity index (χ1v) is 6.19. The molecule has 0 bridgehead atoms. The number of nitrogens with one attached hydrogen (secondary N) is 1. The molecule has 1 heterocycles. The number of rotatable bonds is 4. The number of carbonyl (C=O) groups excluding carboxylic acids is 1. The summed E-state index contributed by atoms with van der Waals surface area (Å²) in [7, 11) is 0. The quantitative estimate of drug-likeness (QED) is 0.683. The fourth-order valence-corrected chi connectivity index (χ4v) is 1.70. The van der Waals surface area contributed by atoms with Gasteiger partial charge in [-0.3, -0.25) is 4.79 Å². The summed E-state index contributed by atoms with van der Waals surface area (Å²) in [5.41, 5.74) is 1.00. The summed E-state index contributed by atoms with van der Waals surface area (Å²) < 4.78 is 5.32. The predicted octanol–water partition coefficient (Wildman–Crippen LogP) is 2.81. The molecule has 1 aromatic heterocycles. The maximum Gasteiger partial charge on any atom is 0.262 e. The number of nitrogens with zero attached hydrogens (tertiary/aromatic N) is 1. The first-order valence-electron chi connectivity index (χ1n) is 6.19. The van der Waals surface area contributed by atoms with E-state index >= 15 is 0 Å². The molecule has 4 heteroatoms. The summed E-state index contributed by atoms with van der Waals surface area (Å²) in [6.45, 7) is 2.19. The normalized spacial score (nSPS) is 10.9. The van der Waals surface area contributed by atoms with Crippen LogP contribution in [0.15, 0.2) is 52.5 Å². The number of carbonyl (C=O) groups is 1. The fourth-order valence-electron chi connectivity index (χ4n) is 1.70. The summed E-state index contributed by atoms with van der Waals surface area (Å²) in [6, 6.07) is 14.9. The zero-order chi connectivity index (χ0) is 14.4. The van der Waals surface area contributed by atoms with Crippen molar-refractivity contribution in [1.82, 2.24) is 5.32 Å². The van der Waals surface area contributed by atoms with Crippen molar-refractivity contribution < 1.29 is 9.21 Å². The smallest absolute Gasteiger partial charge is 0.262 e. The summed E-state index contributed by atoms with van der Waals surface area (Å²) in [5.74, 6) is 0.817. The van der Waals surface area contributed by atoms with Crippen molar-refractivity contribution in [2.24, 2.45) is 0 Å². The molecule has 0 spiro atoms. The summed E-state index contributed by atoms with van der Waals surface area (Å²) >= 11 is 0. The van der Waals surface area contributed by atoms with E-state index in [0.717, 1.165) is 11.3 Å². The summed E-state index contributed by atoms with van der Waals surface area (Å²) in [5, 5.41) is 11.7. The molecular weight excluding hydrogens is 252 g/mol. The third-order valence-electron chi connectivity index (χ3n) is 2.71. The minimum absolute atomic E-state index is 0.0234. The van der Waals surface area contributed by atoms with Gasteiger partial charge in [-0.2, -0.15) is 5.26 Å². The van der Waals surface area contributed by atoms with Gasteiger partial charge in [0, 0.05) is 12.6 Å². The van der Waals surface area contributed by atoms with Crippen LogP contribution in [0.25, 0.3) is 6.08 Å². The van der Waals surface area contributed by atoms with Crippen molar-refractivity contribution in [3.63, 3.8) is 0 Å². The number of aryl methyl sites for hydroxylation is 1. The Bertz CT molecular complexity index is 663. The van der Waals surface area contributed by atoms with Gasteiger partial charge in [-0.15, -0.1) is 0 Å². The molecule has 0 atom stereocenters. The first-order chi connectivity index (χ1) is 9.69. The number of benzene rings is 1. The van der Waals surface area contributed by atoms with Gasteiger partial charge in [0.25, 0.3) is 5.91 Å². The molecule has 0 aliphatic carbocycles. The van der Waals surface area contributed by atoms with Gasteiger partial charge in [0.05, 0.1) is 0 Å². The molecule has 0 unspecified atom stereocenters. The zero-order valence-corrected chi connectivity index (χ0v) is 11.1. The summed E-state index contributed by atoms with van der Waals surface area (Å²) in [6.07, 6.45) is 1.44. The van der Waals surface area contributed by atoms with Crippen LogP contribution in [0.1, 0.15) is 17.1 Å². The van der Waals surface area contributed by atoms with Gasteiger partial charge >= 0.3 is 0 Å². The van der Waals surface area contributed by atoms with E-state index in [4.69, 9.17) is 9.68 Å². The average molecular weight is 266 g/mol. The first kappa shape index (κ1) is 13.6. The highest BCUT2D eigenvalue weighted by molar-refractivity contribution is 6.01. The van der Waals surface area contributed by atoms with Gasteiger partial charge in [0.15, 0.2) is 0 Å². The highest BCUT2D eigenvalue weighted by Gasteiger charge is 2.09. The second kappa shape index (κ2) is 6.39. The van der Waals surface area contributed by atoms with Crippen molar-refractivity contribution >= 4 is 12.0 Å². The van der Waals surface area contributed by atoms with Crippen molar-refractivity contribution in [1.29, 1.82) is 5.26 Å². The van der Waals surface area contributed by atoms with Gasteiger partial charge in [-0.05, 0) is 24.6 Å². The lowest BCUT2D eigenvalue weighted by Gasteiger charge is -2.03. The van der Waals surface area contributed by atoms with Crippen LogP contribution >= 0.6 is 0 Å². The van der Waals surface area contributed by atoms with E-state index in [1.165, 1.54) is 6.08 Å². The molecule has 0 saturated carbocycles. The molecule has 2 rings (SSSR count). The molecule has 0 radical (unpaired) electrons. The SMILES string of the molecule is Cc1ccc(/C=C(\C#N)C(=O)NCc2ccccc2)o1. The van der Waals surface area contributed by atoms with Gasteiger partial charge in [-0.1, -0.05) is 30.3 Å². The lowest BCUT2D eigenvalue weighted by molar-refractivity contribution is -0.117. The second-order valence-corrected chi connectivity index (χ2v) is 4.29. The minimum Gasteiger partial charge on any atom is -0.462 e. The maximum absolute atomic E-state index is 11.9. The second-order valence-electron chi connectivity index (χ2n) is 4.29. The topological polar surface area (TPSA) is 66.0 Å². The van der Waals surface area contributed by atoms with E-state index in [0.29, 0.717) is 12.3 Å². The molecule has 0 aliphatic rings. The van der Waals surface area contributed by atoms with E-state index in [1.807, 2.05) is 36.4 Å². The van der Waals surface area contributed by atoms with Gasteiger partial charge in [0.2, 0.25) is 0 Å². The number of nitriles is 1. The van der Waals surface area contributed by atoms with Crippen molar-refractivity contribution in [2.45, 2.75) is 13.5 Å². The zero-order valence-electron chi connectivity index (χ0n) is 11.1. The van der Waals surface area contributed by atoms with Crippen LogP contribution in [0.3, 0.4) is 0 Å². The average Bonchev–Trinajstić information content (AvgIpc) is 2.88. The van der Waals surface area contributed by atoms with Crippen molar-refractivity contribution in [3.8, 4) is 6.07 Å². The van der Waals surface area contributed by atoms with E-state index in [1.54, 1.807) is 19.1 Å². The molecule has 0 aliphatic heterocycles. The van der Waals surface area contributed by atoms with Crippen LogP contribution in [0.2, 0.25) is 0 Å². The predicted molar refractivity (Wildman–Crippen MR) is 75.3 cm³/mol. The Kier molecular flexibility index (Phi) is 4.35. The third-order valence-corrected chi connectivity index (χ3v) is 2.71. The standard InChI is InChI=1S/C16H14N2O2/c1-12-7-8-15(20-12)9-14(10-17)16(19)18-11-13-5-3-2-4-6-13/h2-9H,11H2,1H3,(H,18,19)/b14-9+. The molecule has 1 aromatic carbocycles. The Hall–Kier alpha value is -2.80. The molecule has 1 amide bonds. The Morgan fingerprint density at radius 1 is 1.30 bits per heavy atom. The van der Waals surface area contributed by atoms with Gasteiger partial charge in [-0.25, -0.2) is 0 Å². The molecule has 100 valence electrons. The van der Waals surface area contributed by atoms with E-state index in [9.17, 15) is 4.79 Å². The van der Waals surface area contributed by atoms with Crippen LogP contribution < -0.4 is 5.32 Å². The van der Waals surface area contributed by atoms with Crippen LogP contribution in [0.5, 0.6) is 0 Å². The number of amides is 1.